The van der Waals surface area contributed by atoms with Crippen molar-refractivity contribution in [1.82, 2.24) is 4.90 Å². The molecule has 0 aromatic carbocycles. The summed E-state index contributed by atoms with van der Waals surface area (Å²) in [7, 11) is 2.29. The molecule has 0 aliphatic heterocycles. The van der Waals surface area contributed by atoms with Gasteiger partial charge in [-0.25, -0.2) is 0 Å². The lowest BCUT2D eigenvalue weighted by molar-refractivity contribution is 0.0372. The molecule has 0 saturated carbocycles. The number of unbranched alkanes of at least 4 members (excludes halogenated alkanes) is 15. The highest BCUT2D eigenvalue weighted by Crippen LogP contribution is 2.23. The molecule has 0 saturated heterocycles. The van der Waals surface area contributed by atoms with Crippen molar-refractivity contribution in [3.63, 3.8) is 0 Å². The van der Waals surface area contributed by atoms with Gasteiger partial charge in [0.1, 0.15) is 0 Å². The van der Waals surface area contributed by atoms with E-state index in [2.05, 4.69) is 39.6 Å². The Kier molecular flexibility index (Phi) is 34.3. The number of rotatable bonds is 35. The Morgan fingerprint density at radius 2 is 0.756 bits per heavy atom. The second-order valence-corrected chi connectivity index (χ2v) is 13.3. The molecule has 0 aromatic heterocycles. The zero-order valence-electron chi connectivity index (χ0n) is 29.3. The van der Waals surface area contributed by atoms with Crippen LogP contribution in [0.2, 0.25) is 0 Å². The van der Waals surface area contributed by atoms with Gasteiger partial charge in [0, 0.05) is 19.7 Å². The van der Waals surface area contributed by atoms with Crippen LogP contribution in [0.4, 0.5) is 0 Å². The number of likely N-dealkylation sites (N-methyl/N-ethyl adjacent to an activating group) is 1. The number of hydrogen-bond acceptors (Lipinski definition) is 3. The van der Waals surface area contributed by atoms with Gasteiger partial charge >= 0.3 is 0 Å². The van der Waals surface area contributed by atoms with E-state index >= 15 is 0 Å². The summed E-state index contributed by atoms with van der Waals surface area (Å²) in [6, 6.07) is 0. The summed E-state index contributed by atoms with van der Waals surface area (Å²) >= 11 is 0. The molecule has 41 heavy (non-hydrogen) atoms. The summed E-state index contributed by atoms with van der Waals surface area (Å²) in [5.41, 5.74) is 0. The van der Waals surface area contributed by atoms with Crippen LogP contribution < -0.4 is 0 Å². The summed E-state index contributed by atoms with van der Waals surface area (Å²) in [5, 5.41) is 0. The first kappa shape index (κ1) is 40.9. The lowest BCUT2D eigenvalue weighted by atomic mass is 9.90. The Bertz CT molecular complexity index is 459. The van der Waals surface area contributed by atoms with Crippen LogP contribution in [0.1, 0.15) is 188 Å². The molecule has 248 valence electrons. The van der Waals surface area contributed by atoms with E-state index in [4.69, 9.17) is 9.47 Å². The fourth-order valence-corrected chi connectivity index (χ4v) is 6.28. The molecular formula is C38H79NO2. The van der Waals surface area contributed by atoms with Crippen molar-refractivity contribution in [2.24, 2.45) is 11.8 Å². The third-order valence-electron chi connectivity index (χ3n) is 9.07. The molecule has 0 bridgehead atoms. The van der Waals surface area contributed by atoms with Crippen LogP contribution in [0.3, 0.4) is 0 Å². The Hall–Kier alpha value is -0.120. The average Bonchev–Trinajstić information content (AvgIpc) is 2.97. The largest absolute Gasteiger partial charge is 0.379 e. The molecular weight excluding hydrogens is 502 g/mol. The molecule has 0 aromatic rings. The Labute approximate surface area is 260 Å². The van der Waals surface area contributed by atoms with E-state index in [9.17, 15) is 0 Å². The molecule has 1 atom stereocenters. The fourth-order valence-electron chi connectivity index (χ4n) is 6.28. The van der Waals surface area contributed by atoms with Gasteiger partial charge in [-0.1, -0.05) is 163 Å². The van der Waals surface area contributed by atoms with Gasteiger partial charge in [0.25, 0.3) is 0 Å². The highest BCUT2D eigenvalue weighted by Gasteiger charge is 2.12. The molecule has 0 heterocycles. The van der Waals surface area contributed by atoms with Crippen molar-refractivity contribution in [3.8, 4) is 0 Å². The third kappa shape index (κ3) is 31.1. The zero-order chi connectivity index (χ0) is 30.1. The normalized spacial score (nSPS) is 12.7. The Balaban J connectivity index is 3.99. The molecule has 0 fully saturated rings. The van der Waals surface area contributed by atoms with Gasteiger partial charge in [0.05, 0.1) is 19.8 Å². The average molecular weight is 582 g/mol. The van der Waals surface area contributed by atoms with Crippen LogP contribution in [-0.2, 0) is 9.47 Å². The van der Waals surface area contributed by atoms with E-state index in [1.807, 2.05) is 0 Å². The maximum absolute atomic E-state index is 5.97. The van der Waals surface area contributed by atoms with Gasteiger partial charge in [0.15, 0.2) is 0 Å². The standard InChI is InChI=1S/C38H79NO2/c1-6-10-14-18-20-24-27-37(26-23-19-15-11-7-2)30-25-32-40-34-35-41-33-31-39(5)36-38(28-21-16-12-8-3)29-22-17-13-9-4/h37-38H,6-36H2,1-5H3. The second-order valence-electron chi connectivity index (χ2n) is 13.3. The molecule has 3 heteroatoms. The molecule has 0 amide bonds. The van der Waals surface area contributed by atoms with Crippen LogP contribution in [0, 0.1) is 11.8 Å². The van der Waals surface area contributed by atoms with Crippen LogP contribution in [0.5, 0.6) is 0 Å². The minimum Gasteiger partial charge on any atom is -0.379 e. The topological polar surface area (TPSA) is 21.7 Å². The lowest BCUT2D eigenvalue weighted by Crippen LogP contribution is -2.29. The molecule has 0 aliphatic rings. The predicted octanol–water partition coefficient (Wildman–Crippen LogP) is 12.0. The molecule has 0 N–H and O–H groups in total. The minimum absolute atomic E-state index is 0.740. The minimum atomic E-state index is 0.740. The second kappa shape index (κ2) is 34.4. The molecule has 0 aliphatic carbocycles. The molecule has 0 rings (SSSR count). The maximum atomic E-state index is 5.97. The molecule has 1 unspecified atom stereocenters. The van der Waals surface area contributed by atoms with Crippen LogP contribution in [0.15, 0.2) is 0 Å². The third-order valence-corrected chi connectivity index (χ3v) is 9.07. The lowest BCUT2D eigenvalue weighted by Gasteiger charge is -2.24. The van der Waals surface area contributed by atoms with Crippen LogP contribution in [-0.4, -0.2) is 51.5 Å². The highest BCUT2D eigenvalue weighted by molar-refractivity contribution is 4.66. The van der Waals surface area contributed by atoms with Gasteiger partial charge in [0.2, 0.25) is 0 Å². The van der Waals surface area contributed by atoms with Crippen molar-refractivity contribution in [3.05, 3.63) is 0 Å². The number of hydrogen-bond donors (Lipinski definition) is 0. The molecule has 3 nitrogen and oxygen atoms in total. The van der Waals surface area contributed by atoms with Crippen molar-refractivity contribution in [2.75, 3.05) is 46.6 Å². The predicted molar refractivity (Wildman–Crippen MR) is 184 cm³/mol. The van der Waals surface area contributed by atoms with Crippen LogP contribution in [0.25, 0.3) is 0 Å². The van der Waals surface area contributed by atoms with Gasteiger partial charge < -0.3 is 14.4 Å². The monoisotopic (exact) mass is 582 g/mol. The summed E-state index contributed by atoms with van der Waals surface area (Å²) < 4.78 is 11.9. The number of ether oxygens (including phenoxy) is 2. The SMILES string of the molecule is CCCCCCCCC(CCCCCCC)CCCOCCOCCN(C)CC(CCCCCC)CCCCCC. The maximum Gasteiger partial charge on any atom is 0.0701 e. The summed E-state index contributed by atoms with van der Waals surface area (Å²) in [6.45, 7) is 14.7. The van der Waals surface area contributed by atoms with Gasteiger partial charge in [-0.3, -0.25) is 0 Å². The van der Waals surface area contributed by atoms with Crippen molar-refractivity contribution < 1.29 is 9.47 Å². The van der Waals surface area contributed by atoms with E-state index in [-0.39, 0.29) is 0 Å². The fraction of sp³-hybridized carbons (Fsp3) is 1.00. The van der Waals surface area contributed by atoms with Gasteiger partial charge in [-0.15, -0.1) is 0 Å². The smallest absolute Gasteiger partial charge is 0.0701 e. The zero-order valence-corrected chi connectivity index (χ0v) is 29.3. The quantitative estimate of drug-likeness (QED) is 0.0695. The van der Waals surface area contributed by atoms with Crippen LogP contribution >= 0.6 is 0 Å². The Morgan fingerprint density at radius 3 is 1.24 bits per heavy atom. The highest BCUT2D eigenvalue weighted by atomic mass is 16.5. The van der Waals surface area contributed by atoms with E-state index in [1.54, 1.807) is 0 Å². The molecule has 0 spiro atoms. The molecule has 0 radical (unpaired) electrons. The first-order valence-corrected chi connectivity index (χ1v) is 19.0. The van der Waals surface area contributed by atoms with E-state index < -0.39 is 0 Å². The first-order chi connectivity index (χ1) is 20.2. The van der Waals surface area contributed by atoms with Gasteiger partial charge in [-0.05, 0) is 44.6 Å². The summed E-state index contributed by atoms with van der Waals surface area (Å²) in [5.74, 6) is 1.78. The van der Waals surface area contributed by atoms with Crippen molar-refractivity contribution >= 4 is 0 Å². The summed E-state index contributed by atoms with van der Waals surface area (Å²) in [6.07, 6.45) is 34.9. The number of nitrogens with zero attached hydrogens (tertiary/aromatic N) is 1. The summed E-state index contributed by atoms with van der Waals surface area (Å²) in [4.78, 5) is 2.51. The van der Waals surface area contributed by atoms with E-state index in [1.165, 1.54) is 167 Å². The Morgan fingerprint density at radius 1 is 0.390 bits per heavy atom. The van der Waals surface area contributed by atoms with E-state index in [0.717, 1.165) is 44.8 Å². The van der Waals surface area contributed by atoms with Gasteiger partial charge in [-0.2, -0.15) is 0 Å². The van der Waals surface area contributed by atoms with Crippen molar-refractivity contribution in [1.29, 1.82) is 0 Å². The first-order valence-electron chi connectivity index (χ1n) is 19.0. The van der Waals surface area contributed by atoms with E-state index in [0.29, 0.717) is 0 Å². The van der Waals surface area contributed by atoms with Crippen molar-refractivity contribution in [2.45, 2.75) is 188 Å².